The van der Waals surface area contributed by atoms with Crippen LogP contribution in [0.15, 0.2) is 30.7 Å². The highest BCUT2D eigenvalue weighted by Gasteiger charge is 1.98. The molecule has 3 nitrogen and oxygen atoms in total. The van der Waals surface area contributed by atoms with Gasteiger partial charge in [-0.3, -0.25) is 0 Å². The Hall–Kier alpha value is -1.35. The third kappa shape index (κ3) is 3.06. The Morgan fingerprint density at radius 1 is 1.20 bits per heavy atom. The standard InChI is InChI=1S/C9H8ClN3.C2H6/c1-7-2-3-9(11-4-7)13-6-8(10)5-12-13;1-2/h2-6H,1H3;1-2H3. The summed E-state index contributed by atoms with van der Waals surface area (Å²) in [6.07, 6.45) is 5.10. The fraction of sp³-hybridized carbons (Fsp3) is 0.273. The number of hydrogen-bond donors (Lipinski definition) is 0. The zero-order valence-electron chi connectivity index (χ0n) is 9.11. The number of aryl methyl sites for hydroxylation is 1. The maximum Gasteiger partial charge on any atom is 0.153 e. The van der Waals surface area contributed by atoms with E-state index in [1.54, 1.807) is 23.3 Å². The molecule has 0 radical (unpaired) electrons. The van der Waals surface area contributed by atoms with Crippen molar-refractivity contribution in [1.82, 2.24) is 14.8 Å². The first-order valence-corrected chi connectivity index (χ1v) is 5.27. The highest BCUT2D eigenvalue weighted by Crippen LogP contribution is 2.09. The molecular formula is C11H14ClN3. The van der Waals surface area contributed by atoms with Gasteiger partial charge < -0.3 is 0 Å². The third-order valence-corrected chi connectivity index (χ3v) is 1.88. The summed E-state index contributed by atoms with van der Waals surface area (Å²) in [4.78, 5) is 4.20. The SMILES string of the molecule is CC.Cc1ccc(-n2cc(Cl)cn2)nc1. The fourth-order valence-corrected chi connectivity index (χ4v) is 1.16. The average Bonchev–Trinajstić information content (AvgIpc) is 2.69. The number of halogens is 1. The normalized spacial score (nSPS) is 9.33. The van der Waals surface area contributed by atoms with E-state index in [0.29, 0.717) is 5.02 Å². The quantitative estimate of drug-likeness (QED) is 0.743. The Bertz CT molecular complexity index is 406. The van der Waals surface area contributed by atoms with E-state index in [1.807, 2.05) is 32.9 Å². The molecule has 15 heavy (non-hydrogen) atoms. The van der Waals surface area contributed by atoms with Gasteiger partial charge in [-0.05, 0) is 18.6 Å². The Morgan fingerprint density at radius 2 is 1.93 bits per heavy atom. The van der Waals surface area contributed by atoms with Crippen molar-refractivity contribution in [2.45, 2.75) is 20.8 Å². The van der Waals surface area contributed by atoms with Crippen LogP contribution in [0.3, 0.4) is 0 Å². The van der Waals surface area contributed by atoms with Gasteiger partial charge in [0.05, 0.1) is 17.4 Å². The molecule has 2 heterocycles. The third-order valence-electron chi connectivity index (χ3n) is 1.68. The molecule has 0 aromatic carbocycles. The molecule has 0 bridgehead atoms. The molecule has 2 aromatic heterocycles. The molecule has 0 aliphatic carbocycles. The molecule has 0 aliphatic rings. The minimum absolute atomic E-state index is 0.613. The summed E-state index contributed by atoms with van der Waals surface area (Å²) in [6.45, 7) is 5.99. The summed E-state index contributed by atoms with van der Waals surface area (Å²) in [5.74, 6) is 0.775. The van der Waals surface area contributed by atoms with E-state index >= 15 is 0 Å². The monoisotopic (exact) mass is 223 g/mol. The maximum atomic E-state index is 5.73. The van der Waals surface area contributed by atoms with Gasteiger partial charge in [-0.1, -0.05) is 31.5 Å². The largest absolute Gasteiger partial charge is 0.237 e. The molecule has 0 saturated heterocycles. The van der Waals surface area contributed by atoms with Gasteiger partial charge in [-0.15, -0.1) is 0 Å². The van der Waals surface area contributed by atoms with E-state index in [-0.39, 0.29) is 0 Å². The molecule has 0 amide bonds. The van der Waals surface area contributed by atoms with Crippen molar-refractivity contribution in [2.75, 3.05) is 0 Å². The van der Waals surface area contributed by atoms with Crippen LogP contribution in [-0.2, 0) is 0 Å². The number of hydrogen-bond acceptors (Lipinski definition) is 2. The zero-order chi connectivity index (χ0) is 11.3. The molecule has 0 saturated carbocycles. The lowest BCUT2D eigenvalue weighted by Gasteiger charge is -1.98. The molecule has 0 fully saturated rings. The Labute approximate surface area is 94.7 Å². The smallest absolute Gasteiger partial charge is 0.153 e. The van der Waals surface area contributed by atoms with Crippen LogP contribution in [-0.4, -0.2) is 14.8 Å². The predicted molar refractivity (Wildman–Crippen MR) is 62.5 cm³/mol. The van der Waals surface area contributed by atoms with Crippen LogP contribution in [0.5, 0.6) is 0 Å². The van der Waals surface area contributed by atoms with Crippen molar-refractivity contribution >= 4 is 11.6 Å². The fourth-order valence-electron chi connectivity index (χ4n) is 1.02. The Balaban J connectivity index is 0.000000531. The Morgan fingerprint density at radius 3 is 2.40 bits per heavy atom. The van der Waals surface area contributed by atoms with Crippen LogP contribution < -0.4 is 0 Å². The highest BCUT2D eigenvalue weighted by atomic mass is 35.5. The molecule has 0 N–H and O–H groups in total. The van der Waals surface area contributed by atoms with Gasteiger partial charge in [0.15, 0.2) is 5.82 Å². The van der Waals surface area contributed by atoms with Crippen LogP contribution in [0.25, 0.3) is 5.82 Å². The minimum Gasteiger partial charge on any atom is -0.237 e. The van der Waals surface area contributed by atoms with Gasteiger partial charge in [0.25, 0.3) is 0 Å². The van der Waals surface area contributed by atoms with E-state index in [1.165, 1.54) is 0 Å². The van der Waals surface area contributed by atoms with Crippen LogP contribution in [0.1, 0.15) is 19.4 Å². The van der Waals surface area contributed by atoms with Crippen molar-refractivity contribution in [2.24, 2.45) is 0 Å². The molecule has 0 atom stereocenters. The molecule has 4 heteroatoms. The molecule has 2 rings (SSSR count). The van der Waals surface area contributed by atoms with Crippen LogP contribution in [0.2, 0.25) is 5.02 Å². The molecule has 0 spiro atoms. The summed E-state index contributed by atoms with van der Waals surface area (Å²) < 4.78 is 1.64. The second-order valence-electron chi connectivity index (χ2n) is 2.80. The summed E-state index contributed by atoms with van der Waals surface area (Å²) in [5.41, 5.74) is 1.13. The lowest BCUT2D eigenvalue weighted by molar-refractivity contribution is 0.845. The van der Waals surface area contributed by atoms with Crippen LogP contribution in [0, 0.1) is 6.92 Å². The van der Waals surface area contributed by atoms with Crippen LogP contribution in [0.4, 0.5) is 0 Å². The summed E-state index contributed by atoms with van der Waals surface area (Å²) in [5, 5.41) is 4.65. The van der Waals surface area contributed by atoms with Gasteiger partial charge >= 0.3 is 0 Å². The van der Waals surface area contributed by atoms with Gasteiger partial charge in [-0.25, -0.2) is 9.67 Å². The number of rotatable bonds is 1. The first kappa shape index (κ1) is 11.7. The van der Waals surface area contributed by atoms with E-state index in [2.05, 4.69) is 10.1 Å². The zero-order valence-corrected chi connectivity index (χ0v) is 9.86. The van der Waals surface area contributed by atoms with Gasteiger partial charge in [0.2, 0.25) is 0 Å². The number of pyridine rings is 1. The van der Waals surface area contributed by atoms with Crippen molar-refractivity contribution in [1.29, 1.82) is 0 Å². The minimum atomic E-state index is 0.613. The average molecular weight is 224 g/mol. The Kier molecular flexibility index (Phi) is 4.31. The second-order valence-corrected chi connectivity index (χ2v) is 3.23. The molecule has 80 valence electrons. The van der Waals surface area contributed by atoms with E-state index in [9.17, 15) is 0 Å². The van der Waals surface area contributed by atoms with E-state index < -0.39 is 0 Å². The molecule has 0 aliphatic heterocycles. The summed E-state index contributed by atoms with van der Waals surface area (Å²) in [7, 11) is 0. The number of aromatic nitrogens is 3. The van der Waals surface area contributed by atoms with E-state index in [4.69, 9.17) is 11.6 Å². The van der Waals surface area contributed by atoms with Crippen LogP contribution >= 0.6 is 11.6 Å². The lowest BCUT2D eigenvalue weighted by atomic mass is 10.3. The molecule has 0 unspecified atom stereocenters. The first-order chi connectivity index (χ1) is 7.25. The molecule has 2 aromatic rings. The van der Waals surface area contributed by atoms with Gasteiger partial charge in [-0.2, -0.15) is 5.10 Å². The summed E-state index contributed by atoms with van der Waals surface area (Å²) in [6, 6.07) is 3.89. The van der Waals surface area contributed by atoms with Crippen molar-refractivity contribution in [3.8, 4) is 5.82 Å². The van der Waals surface area contributed by atoms with Crippen molar-refractivity contribution in [3.05, 3.63) is 41.3 Å². The maximum absolute atomic E-state index is 5.73. The lowest BCUT2D eigenvalue weighted by Crippen LogP contribution is -1.96. The van der Waals surface area contributed by atoms with Crippen molar-refractivity contribution < 1.29 is 0 Å². The second kappa shape index (κ2) is 5.51. The highest BCUT2D eigenvalue weighted by molar-refractivity contribution is 6.30. The number of nitrogens with zero attached hydrogens (tertiary/aromatic N) is 3. The van der Waals surface area contributed by atoms with Gasteiger partial charge in [0, 0.05) is 6.20 Å². The van der Waals surface area contributed by atoms with Gasteiger partial charge in [0.1, 0.15) is 0 Å². The first-order valence-electron chi connectivity index (χ1n) is 4.89. The van der Waals surface area contributed by atoms with Crippen molar-refractivity contribution in [3.63, 3.8) is 0 Å². The molecular weight excluding hydrogens is 210 g/mol. The summed E-state index contributed by atoms with van der Waals surface area (Å²) >= 11 is 5.73. The topological polar surface area (TPSA) is 30.7 Å². The van der Waals surface area contributed by atoms with E-state index in [0.717, 1.165) is 11.4 Å². The predicted octanol–water partition coefficient (Wildman–Crippen LogP) is 3.26.